The molecule has 4 heteroatoms. The molecular weight excluding hydrogens is 324 g/mol. The van der Waals surface area contributed by atoms with Crippen LogP contribution in [-0.4, -0.2) is 22.9 Å². The van der Waals surface area contributed by atoms with Crippen molar-refractivity contribution in [3.05, 3.63) is 35.6 Å². The molecule has 0 aromatic heterocycles. The highest BCUT2D eigenvalue weighted by molar-refractivity contribution is 8.13. The molecule has 0 saturated heterocycles. The fourth-order valence-corrected chi connectivity index (χ4v) is 1.51. The van der Waals surface area contributed by atoms with Gasteiger partial charge in [-0.2, -0.15) is 0 Å². The van der Waals surface area contributed by atoms with Crippen molar-refractivity contribution in [1.29, 1.82) is 0 Å². The summed E-state index contributed by atoms with van der Waals surface area (Å²) in [5.74, 6) is -0.179. The monoisotopic (exact) mass is 339 g/mol. The van der Waals surface area contributed by atoms with E-state index in [0.29, 0.717) is 0 Å². The van der Waals surface area contributed by atoms with Crippen LogP contribution < -0.4 is 24.0 Å². The second-order valence-electron chi connectivity index (χ2n) is 3.21. The summed E-state index contributed by atoms with van der Waals surface area (Å²) >= 11 is 1.72. The number of benzene rings is 1. The van der Waals surface area contributed by atoms with Crippen LogP contribution in [0.3, 0.4) is 0 Å². The molecule has 0 fully saturated rings. The van der Waals surface area contributed by atoms with Crippen molar-refractivity contribution < 1.29 is 32.9 Å². The van der Waals surface area contributed by atoms with E-state index < -0.39 is 0 Å². The molecule has 1 rings (SSSR count). The highest BCUT2D eigenvalue weighted by Gasteiger charge is 2.04. The maximum atomic E-state index is 12.6. The number of hydrogen-bond acceptors (Lipinski definition) is 1. The maximum Gasteiger partial charge on any atom is 0.207 e. The van der Waals surface area contributed by atoms with Crippen LogP contribution in [0.5, 0.6) is 0 Å². The number of hydrogen-bond donors (Lipinski definition) is 0. The summed E-state index contributed by atoms with van der Waals surface area (Å²) < 4.78 is 14.8. The average Bonchev–Trinajstić information content (AvgIpc) is 2.20. The molecule has 0 aliphatic carbocycles. The van der Waals surface area contributed by atoms with Crippen molar-refractivity contribution in [2.24, 2.45) is 0 Å². The molecule has 0 amide bonds. The summed E-state index contributed by atoms with van der Waals surface area (Å²) in [6.07, 6.45) is 2.05. The minimum absolute atomic E-state index is 0. The zero-order chi connectivity index (χ0) is 10.6. The standard InChI is InChI=1S/C11H15FNS.HI/c1-9(14-3)13(2)8-10-4-6-11(12)7-5-10;/h4-7H,8H2,1-3H3;1H/q+1;/p-1. The van der Waals surface area contributed by atoms with Gasteiger partial charge in [0.2, 0.25) is 5.04 Å². The molecule has 0 atom stereocenters. The molecule has 84 valence electrons. The highest BCUT2D eigenvalue weighted by Crippen LogP contribution is 2.05. The summed E-state index contributed by atoms with van der Waals surface area (Å²) in [5.41, 5.74) is 1.13. The van der Waals surface area contributed by atoms with Crippen LogP contribution in [0.15, 0.2) is 24.3 Å². The predicted octanol–water partition coefficient (Wildman–Crippen LogP) is -0.247. The first-order chi connectivity index (χ1) is 6.63. The summed E-state index contributed by atoms with van der Waals surface area (Å²) in [4.78, 5) is 0. The van der Waals surface area contributed by atoms with Gasteiger partial charge in [0.05, 0.1) is 0 Å². The van der Waals surface area contributed by atoms with E-state index in [1.54, 1.807) is 11.8 Å². The Balaban J connectivity index is 0.00000196. The first-order valence-electron chi connectivity index (χ1n) is 4.46. The van der Waals surface area contributed by atoms with E-state index >= 15 is 0 Å². The topological polar surface area (TPSA) is 3.01 Å². The van der Waals surface area contributed by atoms with Crippen LogP contribution in [0.4, 0.5) is 4.39 Å². The molecule has 0 saturated carbocycles. The Morgan fingerprint density at radius 1 is 1.33 bits per heavy atom. The third-order valence-corrected chi connectivity index (χ3v) is 3.07. The smallest absolute Gasteiger partial charge is 0.207 e. The third-order valence-electron chi connectivity index (χ3n) is 2.17. The molecule has 0 unspecified atom stereocenters. The van der Waals surface area contributed by atoms with Gasteiger partial charge in [0.1, 0.15) is 12.9 Å². The zero-order valence-corrected chi connectivity index (χ0v) is 12.1. The lowest BCUT2D eigenvalue weighted by atomic mass is 10.2. The molecule has 15 heavy (non-hydrogen) atoms. The Morgan fingerprint density at radius 2 is 1.87 bits per heavy atom. The van der Waals surface area contributed by atoms with Gasteiger partial charge in [-0.1, -0.05) is 11.8 Å². The van der Waals surface area contributed by atoms with Gasteiger partial charge >= 0.3 is 0 Å². The Hall–Kier alpha value is -0.100. The van der Waals surface area contributed by atoms with Crippen LogP contribution >= 0.6 is 11.8 Å². The van der Waals surface area contributed by atoms with Gasteiger partial charge < -0.3 is 24.0 Å². The molecule has 0 radical (unpaired) electrons. The SMILES string of the molecule is CSC(C)=[N+](C)Cc1ccc(F)cc1.[I-]. The van der Waals surface area contributed by atoms with Crippen molar-refractivity contribution >= 4 is 16.8 Å². The maximum absolute atomic E-state index is 12.6. The normalized spacial score (nSPS) is 11.7. The second kappa shape index (κ2) is 7.22. The second-order valence-corrected chi connectivity index (χ2v) is 4.20. The Morgan fingerprint density at radius 3 is 2.33 bits per heavy atom. The van der Waals surface area contributed by atoms with Gasteiger partial charge in [-0.25, -0.2) is 8.97 Å². The van der Waals surface area contributed by atoms with Crippen LogP contribution in [0.1, 0.15) is 12.5 Å². The Kier molecular flexibility index (Phi) is 7.17. The first-order valence-corrected chi connectivity index (χ1v) is 5.69. The zero-order valence-electron chi connectivity index (χ0n) is 9.13. The summed E-state index contributed by atoms with van der Waals surface area (Å²) in [6.45, 7) is 2.90. The molecule has 1 nitrogen and oxygen atoms in total. The van der Waals surface area contributed by atoms with Crippen LogP contribution in [-0.2, 0) is 6.54 Å². The number of nitrogens with zero attached hydrogens (tertiary/aromatic N) is 1. The van der Waals surface area contributed by atoms with Crippen LogP contribution in [0.25, 0.3) is 0 Å². The number of rotatable bonds is 2. The van der Waals surface area contributed by atoms with E-state index in [1.165, 1.54) is 17.2 Å². The van der Waals surface area contributed by atoms with Crippen LogP contribution in [0, 0.1) is 5.82 Å². The summed E-state index contributed by atoms with van der Waals surface area (Å²) in [7, 11) is 2.04. The van der Waals surface area contributed by atoms with Crippen LogP contribution in [0.2, 0.25) is 0 Å². The molecule has 0 aliphatic rings. The summed E-state index contributed by atoms with van der Waals surface area (Å²) in [6, 6.07) is 6.63. The van der Waals surface area contributed by atoms with E-state index in [4.69, 9.17) is 0 Å². The van der Waals surface area contributed by atoms with E-state index in [0.717, 1.165) is 12.1 Å². The minimum Gasteiger partial charge on any atom is -1.00 e. The quantitative estimate of drug-likeness (QED) is 0.311. The largest absolute Gasteiger partial charge is 1.00 e. The Bertz CT molecular complexity index is 335. The van der Waals surface area contributed by atoms with Crippen molar-refractivity contribution in [3.8, 4) is 0 Å². The highest BCUT2D eigenvalue weighted by atomic mass is 127. The molecule has 0 N–H and O–H groups in total. The van der Waals surface area contributed by atoms with Gasteiger partial charge in [0.25, 0.3) is 0 Å². The van der Waals surface area contributed by atoms with E-state index in [9.17, 15) is 4.39 Å². The molecule has 0 heterocycles. The molecule has 1 aromatic rings. The lowest BCUT2D eigenvalue weighted by molar-refractivity contribution is -0.511. The molecule has 0 spiro atoms. The molecule has 0 aliphatic heterocycles. The van der Waals surface area contributed by atoms with Crippen molar-refractivity contribution in [3.63, 3.8) is 0 Å². The lowest BCUT2D eigenvalue weighted by Gasteiger charge is -2.00. The Labute approximate surface area is 112 Å². The number of halogens is 2. The molecular formula is C11H15FINS. The first kappa shape index (κ1) is 14.9. The van der Waals surface area contributed by atoms with E-state index in [-0.39, 0.29) is 29.8 Å². The number of thioether (sulfide) groups is 1. The van der Waals surface area contributed by atoms with E-state index in [1.807, 2.05) is 19.2 Å². The fraction of sp³-hybridized carbons (Fsp3) is 0.364. The minimum atomic E-state index is -0.179. The van der Waals surface area contributed by atoms with E-state index in [2.05, 4.69) is 17.8 Å². The molecule has 1 aromatic carbocycles. The summed E-state index contributed by atoms with van der Waals surface area (Å²) in [5, 5.41) is 1.26. The van der Waals surface area contributed by atoms with Gasteiger partial charge in [-0.05, 0) is 30.5 Å². The van der Waals surface area contributed by atoms with Crippen molar-refractivity contribution in [2.75, 3.05) is 13.3 Å². The molecule has 0 bridgehead atoms. The average molecular weight is 339 g/mol. The van der Waals surface area contributed by atoms with Crippen molar-refractivity contribution in [2.45, 2.75) is 13.5 Å². The third kappa shape index (κ3) is 4.97. The predicted molar refractivity (Wildman–Crippen MR) is 60.5 cm³/mol. The van der Waals surface area contributed by atoms with Crippen molar-refractivity contribution in [1.82, 2.24) is 0 Å². The lowest BCUT2D eigenvalue weighted by Crippen LogP contribution is -3.00. The fourth-order valence-electron chi connectivity index (χ4n) is 1.13. The van der Waals surface area contributed by atoms with Gasteiger partial charge in [0.15, 0.2) is 6.54 Å². The van der Waals surface area contributed by atoms with Gasteiger partial charge in [-0.15, -0.1) is 0 Å². The van der Waals surface area contributed by atoms with Gasteiger partial charge in [-0.3, -0.25) is 0 Å². The van der Waals surface area contributed by atoms with Gasteiger partial charge in [0, 0.05) is 12.5 Å².